The molecule has 1 atom stereocenters. The topological polar surface area (TPSA) is 43.1 Å². The molecule has 2 nitrogen and oxygen atoms in total. The van der Waals surface area contributed by atoms with Gasteiger partial charge in [-0.2, -0.15) is 0 Å². The third kappa shape index (κ3) is 2.79. The zero-order valence-electron chi connectivity index (χ0n) is 10.6. The second-order valence-corrected chi connectivity index (χ2v) is 5.88. The molecule has 0 aliphatic heterocycles. The number of anilines is 1. The Bertz CT molecular complexity index is 593. The van der Waals surface area contributed by atoms with Crippen LogP contribution in [0.5, 0.6) is 0 Å². The monoisotopic (exact) mass is 259 g/mol. The van der Waals surface area contributed by atoms with Crippen molar-refractivity contribution in [3.63, 3.8) is 0 Å². The number of aryl methyl sites for hydroxylation is 2. The van der Waals surface area contributed by atoms with E-state index in [2.05, 4.69) is 6.07 Å². The summed E-state index contributed by atoms with van der Waals surface area (Å²) in [6.07, 6.45) is 0. The molecule has 2 aromatic carbocycles. The smallest absolute Gasteiger partial charge is 0.0577 e. The van der Waals surface area contributed by atoms with E-state index >= 15 is 0 Å². The Labute approximate surface area is 110 Å². The highest BCUT2D eigenvalue weighted by atomic mass is 32.2. The minimum Gasteiger partial charge on any atom is -0.398 e. The number of para-hydroxylation sites is 1. The zero-order valence-corrected chi connectivity index (χ0v) is 11.5. The number of nitrogen functional groups attached to an aromatic ring is 1. The summed E-state index contributed by atoms with van der Waals surface area (Å²) in [5.41, 5.74) is 9.78. The van der Waals surface area contributed by atoms with E-state index in [-0.39, 0.29) is 0 Å². The Morgan fingerprint density at radius 3 is 2.50 bits per heavy atom. The fraction of sp³-hybridized carbons (Fsp3) is 0.200. The minimum absolute atomic E-state index is 0.469. The fourth-order valence-electron chi connectivity index (χ4n) is 1.94. The van der Waals surface area contributed by atoms with E-state index in [0.717, 1.165) is 16.0 Å². The average Bonchev–Trinajstić information content (AvgIpc) is 2.32. The molecular weight excluding hydrogens is 242 g/mol. The quantitative estimate of drug-likeness (QED) is 0.860. The first-order chi connectivity index (χ1) is 8.58. The molecule has 0 amide bonds. The highest BCUT2D eigenvalue weighted by molar-refractivity contribution is 7.84. The number of hydrogen-bond acceptors (Lipinski definition) is 2. The van der Waals surface area contributed by atoms with Gasteiger partial charge in [-0.25, -0.2) is 0 Å². The van der Waals surface area contributed by atoms with Crippen LogP contribution >= 0.6 is 0 Å². The van der Waals surface area contributed by atoms with Crippen LogP contribution in [-0.2, 0) is 16.6 Å². The summed E-state index contributed by atoms with van der Waals surface area (Å²) >= 11 is 0. The normalized spacial score (nSPS) is 12.3. The van der Waals surface area contributed by atoms with Gasteiger partial charge in [0.15, 0.2) is 0 Å². The Kier molecular flexibility index (Phi) is 3.82. The molecule has 3 heteroatoms. The van der Waals surface area contributed by atoms with Crippen LogP contribution in [0.4, 0.5) is 5.69 Å². The van der Waals surface area contributed by atoms with Crippen LogP contribution in [-0.4, -0.2) is 4.21 Å². The molecule has 2 rings (SSSR count). The van der Waals surface area contributed by atoms with Crippen molar-refractivity contribution in [2.45, 2.75) is 24.5 Å². The van der Waals surface area contributed by atoms with Crippen LogP contribution in [0.3, 0.4) is 0 Å². The zero-order chi connectivity index (χ0) is 13.1. The summed E-state index contributed by atoms with van der Waals surface area (Å²) in [7, 11) is -1.04. The second-order valence-electron chi connectivity index (χ2n) is 4.46. The van der Waals surface area contributed by atoms with Crippen molar-refractivity contribution < 1.29 is 4.21 Å². The van der Waals surface area contributed by atoms with E-state index in [4.69, 9.17) is 5.73 Å². The molecule has 18 heavy (non-hydrogen) atoms. The summed E-state index contributed by atoms with van der Waals surface area (Å²) in [6.45, 7) is 4.03. The van der Waals surface area contributed by atoms with E-state index in [9.17, 15) is 4.21 Å². The standard InChI is InChI=1S/C15H17NOS/c1-11-7-8-15(12(2)9-11)18(17)10-13-5-3-4-6-14(13)16/h3-9H,10,16H2,1-2H3. The predicted molar refractivity (Wildman–Crippen MR) is 76.9 cm³/mol. The molecular formula is C15H17NOS. The van der Waals surface area contributed by atoms with E-state index < -0.39 is 10.8 Å². The molecule has 1 unspecified atom stereocenters. The minimum atomic E-state index is -1.04. The van der Waals surface area contributed by atoms with E-state index in [1.165, 1.54) is 5.56 Å². The molecule has 0 fully saturated rings. The second kappa shape index (κ2) is 5.36. The van der Waals surface area contributed by atoms with Crippen molar-refractivity contribution in [2.24, 2.45) is 0 Å². The lowest BCUT2D eigenvalue weighted by Gasteiger charge is -2.08. The Morgan fingerprint density at radius 2 is 1.83 bits per heavy atom. The Morgan fingerprint density at radius 1 is 1.11 bits per heavy atom. The average molecular weight is 259 g/mol. The molecule has 0 aliphatic carbocycles. The first kappa shape index (κ1) is 12.8. The highest BCUT2D eigenvalue weighted by Gasteiger charge is 2.09. The molecule has 0 aliphatic rings. The molecule has 0 heterocycles. The van der Waals surface area contributed by atoms with Crippen LogP contribution in [0, 0.1) is 13.8 Å². The molecule has 0 aromatic heterocycles. The maximum absolute atomic E-state index is 12.4. The van der Waals surface area contributed by atoms with Crippen LogP contribution < -0.4 is 5.73 Å². The van der Waals surface area contributed by atoms with Gasteiger partial charge in [0.05, 0.1) is 16.6 Å². The third-order valence-corrected chi connectivity index (χ3v) is 4.44. The SMILES string of the molecule is Cc1ccc(S(=O)Cc2ccccc2N)c(C)c1. The maximum atomic E-state index is 12.4. The van der Waals surface area contributed by atoms with Crippen molar-refractivity contribution in [1.82, 2.24) is 0 Å². The Balaban J connectivity index is 2.25. The maximum Gasteiger partial charge on any atom is 0.0577 e. The first-order valence-electron chi connectivity index (χ1n) is 5.87. The van der Waals surface area contributed by atoms with Crippen molar-refractivity contribution >= 4 is 16.5 Å². The third-order valence-electron chi connectivity index (χ3n) is 2.92. The van der Waals surface area contributed by atoms with Gasteiger partial charge in [0.1, 0.15) is 0 Å². The summed E-state index contributed by atoms with van der Waals surface area (Å²) in [6, 6.07) is 13.6. The molecule has 0 spiro atoms. The van der Waals surface area contributed by atoms with Crippen LogP contribution in [0.1, 0.15) is 16.7 Å². The number of rotatable bonds is 3. The number of nitrogens with two attached hydrogens (primary N) is 1. The molecule has 0 radical (unpaired) electrons. The predicted octanol–water partition coefficient (Wildman–Crippen LogP) is 3.19. The molecule has 94 valence electrons. The van der Waals surface area contributed by atoms with Gasteiger partial charge in [-0.15, -0.1) is 0 Å². The van der Waals surface area contributed by atoms with Gasteiger partial charge in [-0.3, -0.25) is 4.21 Å². The summed E-state index contributed by atoms with van der Waals surface area (Å²) < 4.78 is 12.4. The summed E-state index contributed by atoms with van der Waals surface area (Å²) in [5.74, 6) is 0.469. The molecule has 0 saturated carbocycles. The molecule has 2 N–H and O–H groups in total. The fourth-order valence-corrected chi connectivity index (χ4v) is 3.28. The van der Waals surface area contributed by atoms with Gasteiger partial charge in [0, 0.05) is 10.6 Å². The van der Waals surface area contributed by atoms with E-state index in [1.807, 2.05) is 50.2 Å². The van der Waals surface area contributed by atoms with Gasteiger partial charge in [0.2, 0.25) is 0 Å². The summed E-state index contributed by atoms with van der Waals surface area (Å²) in [5, 5.41) is 0. The summed E-state index contributed by atoms with van der Waals surface area (Å²) in [4.78, 5) is 0.892. The van der Waals surface area contributed by atoms with Gasteiger partial charge in [0.25, 0.3) is 0 Å². The Hall–Kier alpha value is -1.61. The molecule has 0 saturated heterocycles. The molecule has 0 bridgehead atoms. The van der Waals surface area contributed by atoms with Crippen molar-refractivity contribution in [3.05, 3.63) is 59.2 Å². The number of hydrogen-bond donors (Lipinski definition) is 1. The van der Waals surface area contributed by atoms with Gasteiger partial charge < -0.3 is 5.73 Å². The van der Waals surface area contributed by atoms with Crippen molar-refractivity contribution in [2.75, 3.05) is 5.73 Å². The number of benzene rings is 2. The lowest BCUT2D eigenvalue weighted by Crippen LogP contribution is -2.02. The van der Waals surface area contributed by atoms with E-state index in [0.29, 0.717) is 11.4 Å². The van der Waals surface area contributed by atoms with Crippen LogP contribution in [0.2, 0.25) is 0 Å². The van der Waals surface area contributed by atoms with E-state index in [1.54, 1.807) is 0 Å². The largest absolute Gasteiger partial charge is 0.398 e. The van der Waals surface area contributed by atoms with Gasteiger partial charge in [-0.05, 0) is 37.1 Å². The lowest BCUT2D eigenvalue weighted by atomic mass is 10.2. The van der Waals surface area contributed by atoms with Crippen molar-refractivity contribution in [3.8, 4) is 0 Å². The lowest BCUT2D eigenvalue weighted by molar-refractivity contribution is 0.682. The van der Waals surface area contributed by atoms with Gasteiger partial charge >= 0.3 is 0 Å². The first-order valence-corrected chi connectivity index (χ1v) is 7.19. The molecule has 2 aromatic rings. The van der Waals surface area contributed by atoms with Crippen LogP contribution in [0.25, 0.3) is 0 Å². The highest BCUT2D eigenvalue weighted by Crippen LogP contribution is 2.20. The van der Waals surface area contributed by atoms with Gasteiger partial charge in [-0.1, -0.05) is 35.9 Å². The van der Waals surface area contributed by atoms with Crippen molar-refractivity contribution in [1.29, 1.82) is 0 Å². The van der Waals surface area contributed by atoms with Crippen LogP contribution in [0.15, 0.2) is 47.4 Å².